The molecule has 10 heteroatoms. The number of halogens is 1. The van der Waals surface area contributed by atoms with E-state index >= 15 is 0 Å². The molecule has 0 saturated heterocycles. The number of aryl methyl sites for hydroxylation is 1. The van der Waals surface area contributed by atoms with Gasteiger partial charge in [0.25, 0.3) is 0 Å². The lowest BCUT2D eigenvalue weighted by molar-refractivity contribution is 0.458. The Labute approximate surface area is 178 Å². The molecule has 0 aliphatic heterocycles. The number of hydrogen-bond donors (Lipinski definition) is 2. The molecule has 0 spiro atoms. The van der Waals surface area contributed by atoms with Gasteiger partial charge >= 0.3 is 0 Å². The summed E-state index contributed by atoms with van der Waals surface area (Å²) >= 11 is 3.34. The second-order valence-corrected chi connectivity index (χ2v) is 7.36. The number of phenolic OH excluding ortho intramolecular Hbond substituents is 1. The summed E-state index contributed by atoms with van der Waals surface area (Å²) in [6.07, 6.45) is 4.46. The average molecular weight is 464 g/mol. The molecule has 2 aromatic carbocycles. The zero-order valence-corrected chi connectivity index (χ0v) is 17.2. The van der Waals surface area contributed by atoms with E-state index in [1.807, 2.05) is 31.2 Å². The normalized spacial score (nSPS) is 11.1. The van der Waals surface area contributed by atoms with Crippen LogP contribution in [0.4, 0.5) is 11.5 Å². The first-order valence-electron chi connectivity index (χ1n) is 8.91. The van der Waals surface area contributed by atoms with Crippen LogP contribution in [-0.2, 0) is 0 Å². The second-order valence-electron chi connectivity index (χ2n) is 6.51. The minimum Gasteiger partial charge on any atom is -0.506 e. The fourth-order valence-electron chi connectivity index (χ4n) is 3.06. The standard InChI is InChI=1S/C20H14BrN7O2/c1-11-6-12(27-20-18-14(22-8-24-20)4-3-13(21)19(18)29)2-5-15(11)30-17-7-16-23-9-26-28(16)10-25-17/h2-10,29H,1H3,(H,22,24,27). The van der Waals surface area contributed by atoms with Gasteiger partial charge in [0.2, 0.25) is 5.88 Å². The van der Waals surface area contributed by atoms with Crippen LogP contribution in [0.2, 0.25) is 0 Å². The molecule has 30 heavy (non-hydrogen) atoms. The highest BCUT2D eigenvalue weighted by Crippen LogP contribution is 2.36. The van der Waals surface area contributed by atoms with Crippen molar-refractivity contribution in [2.75, 3.05) is 5.32 Å². The minimum absolute atomic E-state index is 0.0854. The Morgan fingerprint density at radius 1 is 1.03 bits per heavy atom. The molecule has 5 aromatic rings. The van der Waals surface area contributed by atoms with Crippen LogP contribution in [0, 0.1) is 6.92 Å². The van der Waals surface area contributed by atoms with Crippen LogP contribution < -0.4 is 10.1 Å². The number of rotatable bonds is 4. The maximum Gasteiger partial charge on any atom is 0.224 e. The summed E-state index contributed by atoms with van der Waals surface area (Å²) in [5, 5.41) is 18.2. The van der Waals surface area contributed by atoms with Crippen molar-refractivity contribution >= 4 is 44.0 Å². The van der Waals surface area contributed by atoms with Crippen LogP contribution >= 0.6 is 15.9 Å². The SMILES string of the molecule is Cc1cc(Nc2ncnc3ccc(Br)c(O)c23)ccc1Oc1cc2ncnn2cn1. The molecule has 0 aliphatic rings. The summed E-state index contributed by atoms with van der Waals surface area (Å²) in [6, 6.07) is 10.9. The number of anilines is 2. The highest BCUT2D eigenvalue weighted by Gasteiger charge is 2.12. The fraction of sp³-hybridized carbons (Fsp3) is 0.0500. The predicted molar refractivity (Wildman–Crippen MR) is 114 cm³/mol. The van der Waals surface area contributed by atoms with Gasteiger partial charge in [0.15, 0.2) is 5.65 Å². The quantitative estimate of drug-likeness (QED) is 0.403. The third kappa shape index (κ3) is 3.26. The number of nitrogens with one attached hydrogen (secondary N) is 1. The molecule has 0 radical (unpaired) electrons. The average Bonchev–Trinajstić information content (AvgIpc) is 3.21. The summed E-state index contributed by atoms with van der Waals surface area (Å²) < 4.78 is 8.04. The van der Waals surface area contributed by atoms with Gasteiger partial charge in [-0.25, -0.2) is 24.5 Å². The van der Waals surface area contributed by atoms with Gasteiger partial charge in [0.1, 0.15) is 36.3 Å². The number of aromatic hydroxyl groups is 1. The Hall–Kier alpha value is -3.79. The van der Waals surface area contributed by atoms with Gasteiger partial charge in [0, 0.05) is 11.8 Å². The van der Waals surface area contributed by atoms with E-state index in [1.165, 1.54) is 12.7 Å². The predicted octanol–water partition coefficient (Wildman–Crippen LogP) is 4.38. The molecule has 0 unspecified atom stereocenters. The Morgan fingerprint density at radius 2 is 1.93 bits per heavy atom. The molecule has 0 atom stereocenters. The zero-order chi connectivity index (χ0) is 20.7. The van der Waals surface area contributed by atoms with Gasteiger partial charge in [-0.2, -0.15) is 5.10 Å². The first-order chi connectivity index (χ1) is 14.6. The summed E-state index contributed by atoms with van der Waals surface area (Å²) in [5.74, 6) is 1.68. The Balaban J connectivity index is 1.44. The van der Waals surface area contributed by atoms with Crippen LogP contribution in [0.15, 0.2) is 59.9 Å². The summed E-state index contributed by atoms with van der Waals surface area (Å²) in [4.78, 5) is 16.9. The van der Waals surface area contributed by atoms with Crippen molar-refractivity contribution in [1.82, 2.24) is 29.5 Å². The molecule has 0 amide bonds. The van der Waals surface area contributed by atoms with E-state index in [0.29, 0.717) is 38.5 Å². The van der Waals surface area contributed by atoms with E-state index in [2.05, 4.69) is 46.3 Å². The zero-order valence-electron chi connectivity index (χ0n) is 15.6. The fourth-order valence-corrected chi connectivity index (χ4v) is 3.39. The maximum absolute atomic E-state index is 10.4. The molecule has 0 bridgehead atoms. The molecule has 0 aliphatic carbocycles. The van der Waals surface area contributed by atoms with Crippen molar-refractivity contribution in [1.29, 1.82) is 0 Å². The topological polar surface area (TPSA) is 110 Å². The Morgan fingerprint density at radius 3 is 2.80 bits per heavy atom. The van der Waals surface area contributed by atoms with Gasteiger partial charge in [-0.05, 0) is 58.7 Å². The minimum atomic E-state index is 0.0854. The molecule has 3 heterocycles. The summed E-state index contributed by atoms with van der Waals surface area (Å²) in [5.41, 5.74) is 2.98. The number of fused-ring (bicyclic) bond motifs is 2. The third-order valence-electron chi connectivity index (χ3n) is 4.53. The van der Waals surface area contributed by atoms with Gasteiger partial charge in [-0.1, -0.05) is 0 Å². The molecule has 0 saturated carbocycles. The number of phenols is 1. The van der Waals surface area contributed by atoms with Crippen molar-refractivity contribution < 1.29 is 9.84 Å². The third-order valence-corrected chi connectivity index (χ3v) is 5.17. The van der Waals surface area contributed by atoms with Gasteiger partial charge < -0.3 is 15.2 Å². The highest BCUT2D eigenvalue weighted by molar-refractivity contribution is 9.10. The van der Waals surface area contributed by atoms with E-state index in [1.54, 1.807) is 23.0 Å². The number of aromatic nitrogens is 6. The molecule has 3 aromatic heterocycles. The first-order valence-corrected chi connectivity index (χ1v) is 9.71. The largest absolute Gasteiger partial charge is 0.506 e. The van der Waals surface area contributed by atoms with Crippen LogP contribution in [-0.4, -0.2) is 34.7 Å². The van der Waals surface area contributed by atoms with E-state index in [9.17, 15) is 5.11 Å². The molecule has 2 N–H and O–H groups in total. The summed E-state index contributed by atoms with van der Waals surface area (Å²) in [6.45, 7) is 1.93. The van der Waals surface area contributed by atoms with Crippen LogP contribution in [0.5, 0.6) is 17.4 Å². The van der Waals surface area contributed by atoms with Crippen molar-refractivity contribution in [3.05, 3.63) is 65.4 Å². The highest BCUT2D eigenvalue weighted by atomic mass is 79.9. The first kappa shape index (κ1) is 18.3. The number of ether oxygens (including phenoxy) is 1. The van der Waals surface area contributed by atoms with Gasteiger partial charge in [-0.3, -0.25) is 0 Å². The van der Waals surface area contributed by atoms with Crippen molar-refractivity contribution in [2.24, 2.45) is 0 Å². The van der Waals surface area contributed by atoms with Gasteiger partial charge in [0.05, 0.1) is 15.4 Å². The van der Waals surface area contributed by atoms with E-state index < -0.39 is 0 Å². The number of nitrogens with zero attached hydrogens (tertiary/aromatic N) is 6. The lowest BCUT2D eigenvalue weighted by atomic mass is 10.2. The smallest absolute Gasteiger partial charge is 0.224 e. The second kappa shape index (κ2) is 7.23. The lowest BCUT2D eigenvalue weighted by Gasteiger charge is -2.13. The molecular weight excluding hydrogens is 450 g/mol. The van der Waals surface area contributed by atoms with Crippen molar-refractivity contribution in [3.8, 4) is 17.4 Å². The van der Waals surface area contributed by atoms with Crippen LogP contribution in [0.3, 0.4) is 0 Å². The Bertz CT molecular complexity index is 1400. The Kier molecular flexibility index (Phi) is 4.40. The number of hydrogen-bond acceptors (Lipinski definition) is 8. The van der Waals surface area contributed by atoms with Crippen LogP contribution in [0.25, 0.3) is 16.6 Å². The molecular formula is C20H14BrN7O2. The molecule has 9 nitrogen and oxygen atoms in total. The maximum atomic E-state index is 10.4. The van der Waals surface area contributed by atoms with E-state index in [0.717, 1.165) is 11.3 Å². The lowest BCUT2D eigenvalue weighted by Crippen LogP contribution is -1.98. The van der Waals surface area contributed by atoms with Crippen molar-refractivity contribution in [2.45, 2.75) is 6.92 Å². The monoisotopic (exact) mass is 463 g/mol. The van der Waals surface area contributed by atoms with E-state index in [4.69, 9.17) is 4.74 Å². The van der Waals surface area contributed by atoms with E-state index in [-0.39, 0.29) is 5.75 Å². The molecule has 5 rings (SSSR count). The molecule has 148 valence electrons. The van der Waals surface area contributed by atoms with Crippen LogP contribution in [0.1, 0.15) is 5.56 Å². The molecule has 0 fully saturated rings. The van der Waals surface area contributed by atoms with Crippen molar-refractivity contribution in [3.63, 3.8) is 0 Å². The number of benzene rings is 2. The van der Waals surface area contributed by atoms with Gasteiger partial charge in [-0.15, -0.1) is 0 Å². The summed E-state index contributed by atoms with van der Waals surface area (Å²) in [7, 11) is 0.